The minimum Gasteiger partial charge on any atom is -0.315 e. The van der Waals surface area contributed by atoms with E-state index in [0.29, 0.717) is 21.7 Å². The Labute approximate surface area is 133 Å². The van der Waals surface area contributed by atoms with Gasteiger partial charge in [0.15, 0.2) is 0 Å². The standard InChI is InChI=1S/C14H17Cl2N3S/c1-8(2)4-11-12(7-17-3)20-14(19-11)13-10(16)5-9(15)6-18-13/h5-6,8,17H,4,7H2,1-3H3. The summed E-state index contributed by atoms with van der Waals surface area (Å²) < 4.78 is 0. The third kappa shape index (κ3) is 3.70. The quantitative estimate of drug-likeness (QED) is 0.881. The molecule has 6 heteroatoms. The molecule has 0 unspecified atom stereocenters. The van der Waals surface area contributed by atoms with Crippen molar-refractivity contribution in [1.82, 2.24) is 15.3 Å². The Morgan fingerprint density at radius 2 is 2.10 bits per heavy atom. The second-order valence-corrected chi connectivity index (χ2v) is 6.93. The number of hydrogen-bond acceptors (Lipinski definition) is 4. The van der Waals surface area contributed by atoms with E-state index >= 15 is 0 Å². The van der Waals surface area contributed by atoms with E-state index in [4.69, 9.17) is 28.2 Å². The molecule has 0 saturated carbocycles. The van der Waals surface area contributed by atoms with Gasteiger partial charge in [-0.2, -0.15) is 0 Å². The molecule has 0 aliphatic heterocycles. The highest BCUT2D eigenvalue weighted by atomic mass is 35.5. The molecule has 20 heavy (non-hydrogen) atoms. The predicted octanol–water partition coefficient (Wildman–Crippen LogP) is 4.43. The van der Waals surface area contributed by atoms with Crippen LogP contribution in [0, 0.1) is 5.92 Å². The molecule has 0 radical (unpaired) electrons. The van der Waals surface area contributed by atoms with Crippen LogP contribution in [-0.2, 0) is 13.0 Å². The molecule has 108 valence electrons. The Morgan fingerprint density at radius 3 is 2.70 bits per heavy atom. The van der Waals surface area contributed by atoms with Crippen molar-refractivity contribution in [1.29, 1.82) is 0 Å². The van der Waals surface area contributed by atoms with Crippen LogP contribution < -0.4 is 5.32 Å². The summed E-state index contributed by atoms with van der Waals surface area (Å²) in [5, 5.41) is 5.11. The van der Waals surface area contributed by atoms with Crippen molar-refractivity contribution in [2.24, 2.45) is 5.92 Å². The first-order chi connectivity index (χ1) is 9.51. The van der Waals surface area contributed by atoms with Gasteiger partial charge in [0.05, 0.1) is 15.7 Å². The number of hydrogen-bond donors (Lipinski definition) is 1. The number of rotatable bonds is 5. The topological polar surface area (TPSA) is 37.8 Å². The summed E-state index contributed by atoms with van der Waals surface area (Å²) in [6, 6.07) is 1.70. The molecule has 0 spiro atoms. The number of nitrogens with zero attached hydrogens (tertiary/aromatic N) is 2. The van der Waals surface area contributed by atoms with Gasteiger partial charge in [0, 0.05) is 17.6 Å². The summed E-state index contributed by atoms with van der Waals surface area (Å²) in [5.74, 6) is 0.564. The molecule has 0 saturated heterocycles. The van der Waals surface area contributed by atoms with Crippen molar-refractivity contribution in [2.75, 3.05) is 7.05 Å². The van der Waals surface area contributed by atoms with Crippen molar-refractivity contribution in [3.63, 3.8) is 0 Å². The van der Waals surface area contributed by atoms with Gasteiger partial charge in [0.2, 0.25) is 0 Å². The fraction of sp³-hybridized carbons (Fsp3) is 0.429. The van der Waals surface area contributed by atoms with E-state index in [0.717, 1.165) is 23.7 Å². The second-order valence-electron chi connectivity index (χ2n) is 5.00. The van der Waals surface area contributed by atoms with E-state index in [2.05, 4.69) is 24.1 Å². The number of aromatic nitrogens is 2. The van der Waals surface area contributed by atoms with E-state index in [1.54, 1.807) is 23.6 Å². The molecule has 0 amide bonds. The first-order valence-electron chi connectivity index (χ1n) is 6.45. The molecular formula is C14H17Cl2N3S. The average molecular weight is 330 g/mol. The molecule has 0 bridgehead atoms. The van der Waals surface area contributed by atoms with Gasteiger partial charge < -0.3 is 5.32 Å². The Morgan fingerprint density at radius 1 is 1.35 bits per heavy atom. The summed E-state index contributed by atoms with van der Waals surface area (Å²) in [6.07, 6.45) is 2.56. The molecule has 2 heterocycles. The lowest BCUT2D eigenvalue weighted by atomic mass is 10.1. The van der Waals surface area contributed by atoms with Gasteiger partial charge in [-0.3, -0.25) is 4.98 Å². The van der Waals surface area contributed by atoms with E-state index < -0.39 is 0 Å². The van der Waals surface area contributed by atoms with E-state index in [9.17, 15) is 0 Å². The van der Waals surface area contributed by atoms with Gasteiger partial charge in [-0.05, 0) is 25.5 Å². The van der Waals surface area contributed by atoms with Crippen LogP contribution in [0.5, 0.6) is 0 Å². The van der Waals surface area contributed by atoms with Crippen LogP contribution in [0.15, 0.2) is 12.3 Å². The molecular weight excluding hydrogens is 313 g/mol. The number of nitrogens with one attached hydrogen (secondary N) is 1. The van der Waals surface area contributed by atoms with Crippen molar-refractivity contribution < 1.29 is 0 Å². The molecule has 2 rings (SSSR count). The van der Waals surface area contributed by atoms with Crippen molar-refractivity contribution in [2.45, 2.75) is 26.8 Å². The van der Waals surface area contributed by atoms with Crippen LogP contribution in [0.4, 0.5) is 0 Å². The van der Waals surface area contributed by atoms with E-state index in [1.165, 1.54) is 4.88 Å². The second kappa shape index (κ2) is 6.85. The largest absolute Gasteiger partial charge is 0.315 e. The lowest BCUT2D eigenvalue weighted by Gasteiger charge is -2.03. The highest BCUT2D eigenvalue weighted by Gasteiger charge is 2.16. The maximum absolute atomic E-state index is 6.21. The zero-order chi connectivity index (χ0) is 14.7. The van der Waals surface area contributed by atoms with Crippen LogP contribution in [0.25, 0.3) is 10.7 Å². The van der Waals surface area contributed by atoms with Gasteiger partial charge in [0.25, 0.3) is 0 Å². The molecule has 3 nitrogen and oxygen atoms in total. The monoisotopic (exact) mass is 329 g/mol. The average Bonchev–Trinajstić information content (AvgIpc) is 2.72. The first kappa shape index (κ1) is 15.7. The number of halogens is 2. The van der Waals surface area contributed by atoms with Gasteiger partial charge in [0.1, 0.15) is 10.7 Å². The normalized spacial score (nSPS) is 11.3. The number of thiazole rings is 1. The van der Waals surface area contributed by atoms with Crippen molar-refractivity contribution >= 4 is 34.5 Å². The van der Waals surface area contributed by atoms with Gasteiger partial charge in [-0.15, -0.1) is 11.3 Å². The zero-order valence-electron chi connectivity index (χ0n) is 11.7. The zero-order valence-corrected chi connectivity index (χ0v) is 14.0. The Balaban J connectivity index is 2.41. The fourth-order valence-electron chi connectivity index (χ4n) is 1.90. The van der Waals surface area contributed by atoms with Gasteiger partial charge >= 0.3 is 0 Å². The van der Waals surface area contributed by atoms with Crippen LogP contribution in [0.2, 0.25) is 10.0 Å². The SMILES string of the molecule is CNCc1sc(-c2ncc(Cl)cc2Cl)nc1CC(C)C. The van der Waals surface area contributed by atoms with Crippen LogP contribution in [0.3, 0.4) is 0 Å². The lowest BCUT2D eigenvalue weighted by Crippen LogP contribution is -2.07. The molecule has 0 fully saturated rings. The van der Waals surface area contributed by atoms with Gasteiger partial charge in [-0.25, -0.2) is 4.98 Å². The maximum Gasteiger partial charge on any atom is 0.143 e. The minimum atomic E-state index is 0.535. The number of pyridine rings is 1. The lowest BCUT2D eigenvalue weighted by molar-refractivity contribution is 0.631. The Bertz CT molecular complexity index is 596. The maximum atomic E-state index is 6.21. The molecule has 0 aliphatic carbocycles. The minimum absolute atomic E-state index is 0.535. The van der Waals surface area contributed by atoms with E-state index in [1.807, 2.05) is 7.05 Å². The Hall–Kier alpha value is -0.680. The third-order valence-electron chi connectivity index (χ3n) is 2.73. The van der Waals surface area contributed by atoms with Gasteiger partial charge in [-0.1, -0.05) is 37.0 Å². The highest BCUT2D eigenvalue weighted by Crippen LogP contribution is 2.33. The van der Waals surface area contributed by atoms with Crippen LogP contribution in [-0.4, -0.2) is 17.0 Å². The summed E-state index contributed by atoms with van der Waals surface area (Å²) >= 11 is 13.7. The van der Waals surface area contributed by atoms with Crippen LogP contribution in [0.1, 0.15) is 24.4 Å². The smallest absolute Gasteiger partial charge is 0.143 e. The van der Waals surface area contributed by atoms with Crippen molar-refractivity contribution in [3.05, 3.63) is 32.9 Å². The summed E-state index contributed by atoms with van der Waals surface area (Å²) in [7, 11) is 1.94. The fourth-order valence-corrected chi connectivity index (χ4v) is 3.54. The molecule has 0 aliphatic rings. The third-order valence-corrected chi connectivity index (χ3v) is 4.33. The molecule has 2 aromatic heterocycles. The molecule has 1 N–H and O–H groups in total. The summed E-state index contributed by atoms with van der Waals surface area (Å²) in [5.41, 5.74) is 1.83. The summed E-state index contributed by atoms with van der Waals surface area (Å²) in [4.78, 5) is 10.3. The first-order valence-corrected chi connectivity index (χ1v) is 8.03. The Kier molecular flexibility index (Phi) is 5.38. The van der Waals surface area contributed by atoms with Crippen molar-refractivity contribution in [3.8, 4) is 10.7 Å². The molecule has 0 aromatic carbocycles. The summed E-state index contributed by atoms with van der Waals surface area (Å²) in [6.45, 7) is 5.19. The molecule has 2 aromatic rings. The predicted molar refractivity (Wildman–Crippen MR) is 86.7 cm³/mol. The van der Waals surface area contributed by atoms with E-state index in [-0.39, 0.29) is 0 Å². The van der Waals surface area contributed by atoms with Crippen LogP contribution >= 0.6 is 34.5 Å². The highest BCUT2D eigenvalue weighted by molar-refractivity contribution is 7.15. The molecule has 0 atom stereocenters.